The SMILES string of the molecule is Cc1cnn([C@@H](C)C(=O)N2CCC3(CC2)CN(CCOc2ccccc2)C(=O)O3)c1. The zero-order chi connectivity index (χ0) is 21.1. The van der Waals surface area contributed by atoms with Crippen LogP contribution in [0.2, 0.25) is 0 Å². The number of ether oxygens (including phenoxy) is 2. The summed E-state index contributed by atoms with van der Waals surface area (Å²) in [4.78, 5) is 28.8. The Balaban J connectivity index is 1.27. The zero-order valence-corrected chi connectivity index (χ0v) is 17.5. The smallest absolute Gasteiger partial charge is 0.410 e. The number of benzene rings is 1. The van der Waals surface area contributed by atoms with E-state index in [2.05, 4.69) is 5.10 Å². The largest absolute Gasteiger partial charge is 0.492 e. The van der Waals surface area contributed by atoms with Crippen LogP contribution >= 0.6 is 0 Å². The van der Waals surface area contributed by atoms with Crippen LogP contribution in [0.4, 0.5) is 4.79 Å². The van der Waals surface area contributed by atoms with Gasteiger partial charge in [0.15, 0.2) is 0 Å². The van der Waals surface area contributed by atoms with E-state index in [4.69, 9.17) is 9.47 Å². The van der Waals surface area contributed by atoms with Crippen molar-refractivity contribution in [3.05, 3.63) is 48.3 Å². The second-order valence-corrected chi connectivity index (χ2v) is 8.13. The summed E-state index contributed by atoms with van der Waals surface area (Å²) in [6.45, 7) is 6.41. The molecule has 2 aliphatic rings. The van der Waals surface area contributed by atoms with Crippen LogP contribution in [0.5, 0.6) is 5.75 Å². The Bertz CT molecular complexity index is 890. The number of nitrogens with zero attached hydrogens (tertiary/aromatic N) is 4. The number of hydrogen-bond acceptors (Lipinski definition) is 5. The molecule has 1 aromatic carbocycles. The van der Waals surface area contributed by atoms with Crippen LogP contribution < -0.4 is 4.74 Å². The van der Waals surface area contributed by atoms with Gasteiger partial charge in [-0.2, -0.15) is 5.10 Å². The van der Waals surface area contributed by atoms with Crippen LogP contribution in [-0.2, 0) is 9.53 Å². The van der Waals surface area contributed by atoms with Gasteiger partial charge in [-0.05, 0) is 31.5 Å². The van der Waals surface area contributed by atoms with Crippen molar-refractivity contribution in [3.8, 4) is 5.75 Å². The maximum atomic E-state index is 12.8. The molecule has 8 nitrogen and oxygen atoms in total. The molecule has 2 amide bonds. The van der Waals surface area contributed by atoms with Gasteiger partial charge < -0.3 is 19.3 Å². The fourth-order valence-corrected chi connectivity index (χ4v) is 4.07. The average molecular weight is 412 g/mol. The molecule has 1 aromatic heterocycles. The third-order valence-electron chi connectivity index (χ3n) is 5.89. The summed E-state index contributed by atoms with van der Waals surface area (Å²) < 4.78 is 13.2. The standard InChI is InChI=1S/C22H28N4O4/c1-17-14-23-26(15-17)18(2)20(27)24-10-8-22(9-11-24)16-25(21(28)30-22)12-13-29-19-6-4-3-5-7-19/h3-7,14-15,18H,8-13,16H2,1-2H3/t18-/m0/s1. The minimum absolute atomic E-state index is 0.0467. The fourth-order valence-electron chi connectivity index (χ4n) is 4.07. The van der Waals surface area contributed by atoms with Gasteiger partial charge in [0.1, 0.15) is 24.0 Å². The number of aryl methyl sites for hydroxylation is 1. The van der Waals surface area contributed by atoms with Crippen LogP contribution in [0.15, 0.2) is 42.7 Å². The van der Waals surface area contributed by atoms with E-state index in [-0.39, 0.29) is 18.0 Å². The van der Waals surface area contributed by atoms with Crippen molar-refractivity contribution in [2.75, 3.05) is 32.8 Å². The van der Waals surface area contributed by atoms with E-state index < -0.39 is 5.60 Å². The summed E-state index contributed by atoms with van der Waals surface area (Å²) in [6, 6.07) is 9.20. The number of rotatable bonds is 6. The van der Waals surface area contributed by atoms with Gasteiger partial charge in [0.2, 0.25) is 5.91 Å². The van der Waals surface area contributed by atoms with Gasteiger partial charge in [0, 0.05) is 32.1 Å². The van der Waals surface area contributed by atoms with Crippen molar-refractivity contribution < 1.29 is 19.1 Å². The first-order chi connectivity index (χ1) is 14.5. The zero-order valence-electron chi connectivity index (χ0n) is 17.5. The summed E-state index contributed by atoms with van der Waals surface area (Å²) in [5, 5.41) is 4.25. The number of likely N-dealkylation sites (tertiary alicyclic amines) is 1. The van der Waals surface area contributed by atoms with Gasteiger partial charge in [-0.25, -0.2) is 4.79 Å². The number of amides is 2. The second kappa shape index (κ2) is 8.38. The maximum absolute atomic E-state index is 12.8. The second-order valence-electron chi connectivity index (χ2n) is 8.13. The van der Waals surface area contributed by atoms with E-state index in [0.717, 1.165) is 11.3 Å². The molecule has 1 atom stereocenters. The third-order valence-corrected chi connectivity index (χ3v) is 5.89. The van der Waals surface area contributed by atoms with Crippen LogP contribution in [0.1, 0.15) is 31.4 Å². The molecule has 0 N–H and O–H groups in total. The van der Waals surface area contributed by atoms with E-state index in [9.17, 15) is 9.59 Å². The highest BCUT2D eigenvalue weighted by atomic mass is 16.6. The Morgan fingerprint density at radius 3 is 2.67 bits per heavy atom. The van der Waals surface area contributed by atoms with Gasteiger partial charge in [-0.1, -0.05) is 18.2 Å². The first-order valence-electron chi connectivity index (χ1n) is 10.4. The predicted octanol–water partition coefficient (Wildman–Crippen LogP) is 2.64. The number of para-hydroxylation sites is 1. The molecular formula is C22H28N4O4. The quantitative estimate of drug-likeness (QED) is 0.729. The minimum atomic E-state index is -0.508. The maximum Gasteiger partial charge on any atom is 0.410 e. The Hall–Kier alpha value is -3.03. The van der Waals surface area contributed by atoms with E-state index in [1.165, 1.54) is 0 Å². The highest BCUT2D eigenvalue weighted by molar-refractivity contribution is 5.80. The molecule has 3 heterocycles. The summed E-state index contributed by atoms with van der Waals surface area (Å²) >= 11 is 0. The number of carbonyl (C=O) groups excluding carboxylic acids is 2. The highest BCUT2D eigenvalue weighted by Crippen LogP contribution is 2.33. The van der Waals surface area contributed by atoms with Crippen LogP contribution in [0.25, 0.3) is 0 Å². The first kappa shape index (κ1) is 20.3. The van der Waals surface area contributed by atoms with Gasteiger partial charge in [0.05, 0.1) is 19.3 Å². The molecular weight excluding hydrogens is 384 g/mol. The Labute approximate surface area is 176 Å². The number of carbonyl (C=O) groups is 2. The number of aromatic nitrogens is 2. The third kappa shape index (κ3) is 4.27. The van der Waals surface area contributed by atoms with Crippen molar-refractivity contribution in [1.82, 2.24) is 19.6 Å². The van der Waals surface area contributed by atoms with E-state index in [1.54, 1.807) is 15.8 Å². The Kier molecular flexibility index (Phi) is 5.65. The lowest BCUT2D eigenvalue weighted by Crippen LogP contribution is -2.50. The highest BCUT2D eigenvalue weighted by Gasteiger charge is 2.47. The molecule has 0 radical (unpaired) electrons. The van der Waals surface area contributed by atoms with Crippen molar-refractivity contribution in [2.24, 2.45) is 0 Å². The predicted molar refractivity (Wildman–Crippen MR) is 110 cm³/mol. The molecule has 2 aliphatic heterocycles. The Morgan fingerprint density at radius 2 is 2.00 bits per heavy atom. The molecule has 2 fully saturated rings. The minimum Gasteiger partial charge on any atom is -0.492 e. The van der Waals surface area contributed by atoms with Gasteiger partial charge >= 0.3 is 6.09 Å². The average Bonchev–Trinajstić information content (AvgIpc) is 3.31. The van der Waals surface area contributed by atoms with Gasteiger partial charge in [0.25, 0.3) is 0 Å². The topological polar surface area (TPSA) is 76.9 Å². The van der Waals surface area contributed by atoms with Crippen molar-refractivity contribution in [3.63, 3.8) is 0 Å². The number of piperidine rings is 1. The molecule has 160 valence electrons. The van der Waals surface area contributed by atoms with E-state index in [0.29, 0.717) is 45.6 Å². The van der Waals surface area contributed by atoms with Gasteiger partial charge in [-0.3, -0.25) is 9.48 Å². The van der Waals surface area contributed by atoms with Crippen molar-refractivity contribution >= 4 is 12.0 Å². The van der Waals surface area contributed by atoms with Crippen LogP contribution in [0.3, 0.4) is 0 Å². The normalized spacial score (nSPS) is 19.1. The van der Waals surface area contributed by atoms with Gasteiger partial charge in [-0.15, -0.1) is 0 Å². The summed E-state index contributed by atoms with van der Waals surface area (Å²) in [6.07, 6.45) is 4.62. The first-order valence-corrected chi connectivity index (χ1v) is 10.4. The fraction of sp³-hybridized carbons (Fsp3) is 0.500. The lowest BCUT2D eigenvalue weighted by Gasteiger charge is -2.38. The van der Waals surface area contributed by atoms with Crippen LogP contribution in [0, 0.1) is 6.92 Å². The molecule has 30 heavy (non-hydrogen) atoms. The molecule has 1 spiro atoms. The van der Waals surface area contributed by atoms with Crippen LogP contribution in [-0.4, -0.2) is 70.0 Å². The summed E-state index contributed by atoms with van der Waals surface area (Å²) in [5.41, 5.74) is 0.521. The van der Waals surface area contributed by atoms with E-state index >= 15 is 0 Å². The molecule has 0 aliphatic carbocycles. The monoisotopic (exact) mass is 412 g/mol. The molecule has 8 heteroatoms. The van der Waals surface area contributed by atoms with Crippen molar-refractivity contribution in [1.29, 1.82) is 0 Å². The summed E-state index contributed by atoms with van der Waals surface area (Å²) in [5.74, 6) is 0.832. The number of hydrogen-bond donors (Lipinski definition) is 0. The molecule has 2 aromatic rings. The lowest BCUT2D eigenvalue weighted by molar-refractivity contribution is -0.138. The molecule has 0 bridgehead atoms. The molecule has 4 rings (SSSR count). The van der Waals surface area contributed by atoms with Crippen molar-refractivity contribution in [2.45, 2.75) is 38.3 Å². The Morgan fingerprint density at radius 1 is 1.27 bits per heavy atom. The lowest BCUT2D eigenvalue weighted by atomic mass is 9.91. The molecule has 0 unspecified atom stereocenters. The summed E-state index contributed by atoms with van der Waals surface area (Å²) in [7, 11) is 0. The van der Waals surface area contributed by atoms with E-state index in [1.807, 2.05) is 55.3 Å². The molecule has 2 saturated heterocycles. The molecule has 0 saturated carbocycles.